The summed E-state index contributed by atoms with van der Waals surface area (Å²) in [5.74, 6) is 2.53. The van der Waals surface area contributed by atoms with Gasteiger partial charge in [-0.2, -0.15) is 0 Å². The van der Waals surface area contributed by atoms with Crippen LogP contribution in [0.2, 0.25) is 0 Å². The minimum atomic E-state index is -3.18. The molecule has 0 amide bonds. The maximum atomic E-state index is 12.6. The van der Waals surface area contributed by atoms with Crippen LogP contribution in [0.1, 0.15) is 38.5 Å². The lowest BCUT2D eigenvalue weighted by Gasteiger charge is -2.33. The van der Waals surface area contributed by atoms with Crippen LogP contribution in [0, 0.1) is 12.3 Å². The van der Waals surface area contributed by atoms with E-state index in [1.165, 1.54) is 13.5 Å². The van der Waals surface area contributed by atoms with Crippen molar-refractivity contribution in [3.63, 3.8) is 0 Å². The molecule has 94 valence electrons. The molecule has 1 aliphatic carbocycles. The van der Waals surface area contributed by atoms with Crippen LogP contribution in [-0.2, 0) is 13.6 Å². The maximum Gasteiger partial charge on any atom is 0.359 e. The molecule has 0 aromatic heterocycles. The smallest absolute Gasteiger partial charge is 0.309 e. The van der Waals surface area contributed by atoms with E-state index in [2.05, 4.69) is 21.9 Å². The lowest BCUT2D eigenvalue weighted by atomic mass is 9.84. The van der Waals surface area contributed by atoms with Crippen molar-refractivity contribution in [2.75, 3.05) is 7.11 Å². The molecule has 0 bridgehead atoms. The van der Waals surface area contributed by atoms with Gasteiger partial charge in [0.05, 0.1) is 5.31 Å². The Kier molecular flexibility index (Phi) is 3.85. The molecule has 17 heavy (non-hydrogen) atoms. The van der Waals surface area contributed by atoms with E-state index < -0.39 is 13.2 Å². The fourth-order valence-corrected chi connectivity index (χ4v) is 5.82. The highest BCUT2D eigenvalue weighted by molar-refractivity contribution is 9.11. The second-order valence-corrected chi connectivity index (χ2v) is 7.34. The van der Waals surface area contributed by atoms with Gasteiger partial charge in [0.15, 0.2) is 0 Å². The van der Waals surface area contributed by atoms with Crippen molar-refractivity contribution in [3.8, 4) is 12.3 Å². The molecule has 3 nitrogen and oxygen atoms in total. The summed E-state index contributed by atoms with van der Waals surface area (Å²) in [4.78, 5) is 0. The summed E-state index contributed by atoms with van der Waals surface area (Å²) in [7, 11) is -1.76. The van der Waals surface area contributed by atoms with E-state index in [1.54, 1.807) is 0 Å². The van der Waals surface area contributed by atoms with Gasteiger partial charge in [0, 0.05) is 18.0 Å². The lowest BCUT2D eigenvalue weighted by molar-refractivity contribution is 0.0697. The largest absolute Gasteiger partial charge is 0.359 e. The fraction of sp³-hybridized carbons (Fsp3) is 0.667. The Balaban J connectivity index is 2.41. The van der Waals surface area contributed by atoms with Crippen LogP contribution in [0.3, 0.4) is 0 Å². The highest BCUT2D eigenvalue weighted by Crippen LogP contribution is 2.70. The summed E-state index contributed by atoms with van der Waals surface area (Å²) in [6.45, 7) is 0. The average Bonchev–Trinajstić information content (AvgIpc) is 2.54. The Hall–Kier alpha value is -0.0700. The zero-order valence-electron chi connectivity index (χ0n) is 9.87. The molecule has 1 saturated carbocycles. The minimum Gasteiger partial charge on any atom is -0.309 e. The topological polar surface area (TPSA) is 35.5 Å². The van der Waals surface area contributed by atoms with E-state index in [4.69, 9.17) is 15.5 Å². The van der Waals surface area contributed by atoms with E-state index >= 15 is 0 Å². The van der Waals surface area contributed by atoms with Gasteiger partial charge in [-0.3, -0.25) is 9.09 Å². The van der Waals surface area contributed by atoms with Gasteiger partial charge in [-0.05, 0) is 12.8 Å². The maximum absolute atomic E-state index is 12.6. The molecule has 2 aliphatic rings. The zero-order valence-corrected chi connectivity index (χ0v) is 12.4. The van der Waals surface area contributed by atoms with Crippen molar-refractivity contribution in [3.05, 3.63) is 9.80 Å². The Morgan fingerprint density at radius 1 is 1.53 bits per heavy atom. The Bertz CT molecular complexity index is 430. The van der Waals surface area contributed by atoms with Crippen LogP contribution in [-0.4, -0.2) is 12.7 Å². The van der Waals surface area contributed by atoms with E-state index in [9.17, 15) is 4.57 Å². The molecule has 0 aromatic carbocycles. The van der Waals surface area contributed by atoms with Gasteiger partial charge in [0.2, 0.25) is 0 Å². The Morgan fingerprint density at radius 2 is 2.18 bits per heavy atom. The van der Waals surface area contributed by atoms with Gasteiger partial charge in [0.25, 0.3) is 0 Å². The highest BCUT2D eigenvalue weighted by Gasteiger charge is 2.52. The van der Waals surface area contributed by atoms with Gasteiger partial charge in [-0.25, -0.2) is 0 Å². The third-order valence-corrected chi connectivity index (χ3v) is 7.07. The quantitative estimate of drug-likeness (QED) is 0.565. The molecule has 1 spiro atoms. The number of rotatable bonds is 2. The van der Waals surface area contributed by atoms with Crippen molar-refractivity contribution in [1.82, 2.24) is 0 Å². The summed E-state index contributed by atoms with van der Waals surface area (Å²) in [6.07, 6.45) is 10.8. The first-order valence-electron chi connectivity index (χ1n) is 5.78. The number of halogens is 1. The number of terminal acetylenes is 1. The van der Waals surface area contributed by atoms with Crippen molar-refractivity contribution < 1.29 is 13.6 Å². The van der Waals surface area contributed by atoms with Gasteiger partial charge in [-0.15, -0.1) is 12.3 Å². The SMILES string of the molecule is C#CCC1=C(Br)C2(CCCCC2)OP1(=O)OC. The molecule has 0 saturated heterocycles. The van der Waals surface area contributed by atoms with Gasteiger partial charge < -0.3 is 4.52 Å². The van der Waals surface area contributed by atoms with Crippen LogP contribution < -0.4 is 0 Å². The Morgan fingerprint density at radius 3 is 2.71 bits per heavy atom. The van der Waals surface area contributed by atoms with Gasteiger partial charge in [-0.1, -0.05) is 35.2 Å². The first kappa shape index (κ1) is 13.4. The third-order valence-electron chi connectivity index (χ3n) is 3.45. The molecule has 0 radical (unpaired) electrons. The van der Waals surface area contributed by atoms with Gasteiger partial charge >= 0.3 is 7.60 Å². The van der Waals surface area contributed by atoms with Crippen LogP contribution in [0.4, 0.5) is 0 Å². The van der Waals surface area contributed by atoms with E-state index in [1.807, 2.05) is 0 Å². The van der Waals surface area contributed by atoms with Gasteiger partial charge in [0.1, 0.15) is 5.60 Å². The van der Waals surface area contributed by atoms with E-state index in [0.29, 0.717) is 11.7 Å². The summed E-state index contributed by atoms with van der Waals surface area (Å²) >= 11 is 3.55. The Labute approximate surface area is 111 Å². The zero-order chi connectivity index (χ0) is 12.5. The third kappa shape index (κ3) is 2.15. The van der Waals surface area contributed by atoms with Crippen molar-refractivity contribution >= 4 is 23.5 Å². The average molecular weight is 319 g/mol. The number of allylic oxidation sites excluding steroid dienone is 1. The van der Waals surface area contributed by atoms with Crippen molar-refractivity contribution in [2.45, 2.75) is 44.1 Å². The molecule has 1 atom stereocenters. The van der Waals surface area contributed by atoms with Crippen LogP contribution in [0.25, 0.3) is 0 Å². The highest BCUT2D eigenvalue weighted by atomic mass is 79.9. The summed E-state index contributed by atoms with van der Waals surface area (Å²) < 4.78 is 24.4. The van der Waals surface area contributed by atoms with Crippen molar-refractivity contribution in [2.24, 2.45) is 0 Å². The molecule has 1 fully saturated rings. The lowest BCUT2D eigenvalue weighted by Crippen LogP contribution is -2.31. The summed E-state index contributed by atoms with van der Waals surface area (Å²) in [6, 6.07) is 0. The summed E-state index contributed by atoms with van der Waals surface area (Å²) in [5, 5.41) is 0.629. The molecular weight excluding hydrogens is 303 g/mol. The fourth-order valence-electron chi connectivity index (χ4n) is 2.56. The molecule has 1 heterocycles. The standard InChI is InChI=1S/C12H16BrO3P/c1-3-7-10-11(13)12(8-5-4-6-9-12)16-17(10,14)15-2/h1H,4-9H2,2H3. The van der Waals surface area contributed by atoms with Crippen LogP contribution in [0.5, 0.6) is 0 Å². The molecule has 1 unspecified atom stereocenters. The predicted molar refractivity (Wildman–Crippen MR) is 70.9 cm³/mol. The monoisotopic (exact) mass is 318 g/mol. The normalized spacial score (nSPS) is 31.8. The molecule has 1 aliphatic heterocycles. The van der Waals surface area contributed by atoms with E-state index in [-0.39, 0.29) is 0 Å². The second kappa shape index (κ2) is 4.90. The number of hydrogen-bond acceptors (Lipinski definition) is 3. The van der Waals surface area contributed by atoms with Crippen LogP contribution >= 0.6 is 23.5 Å². The second-order valence-electron chi connectivity index (χ2n) is 4.47. The molecule has 5 heteroatoms. The van der Waals surface area contributed by atoms with E-state index in [0.717, 1.165) is 30.2 Å². The first-order chi connectivity index (χ1) is 8.08. The van der Waals surface area contributed by atoms with Crippen LogP contribution in [0.15, 0.2) is 9.80 Å². The number of hydrogen-bond donors (Lipinski definition) is 0. The molecule has 0 N–H and O–H groups in total. The first-order valence-corrected chi connectivity index (χ1v) is 8.11. The molecular formula is C12H16BrO3P. The predicted octanol–water partition coefficient (Wildman–Crippen LogP) is 4.19. The molecule has 2 rings (SSSR count). The molecule has 0 aromatic rings. The minimum absolute atomic E-state index is 0.313. The van der Waals surface area contributed by atoms with Crippen molar-refractivity contribution in [1.29, 1.82) is 0 Å². The summed E-state index contributed by atoms with van der Waals surface area (Å²) in [5.41, 5.74) is -0.448.